The van der Waals surface area contributed by atoms with Crippen LogP contribution >= 0.6 is 0 Å². The smallest absolute Gasteiger partial charge is 0.226 e. The number of fused-ring (bicyclic) bond motifs is 1. The maximum absolute atomic E-state index is 12.5. The highest BCUT2D eigenvalue weighted by Gasteiger charge is 2.67. The van der Waals surface area contributed by atoms with E-state index in [0.29, 0.717) is 11.8 Å². The fraction of sp³-hybridized carbons (Fsp3) is 0.867. The molecule has 0 aromatic carbocycles. The number of rotatable bonds is 2. The van der Waals surface area contributed by atoms with E-state index in [1.54, 1.807) is 0 Å². The van der Waals surface area contributed by atoms with Crippen molar-refractivity contribution in [2.75, 3.05) is 6.54 Å². The molecule has 0 unspecified atom stereocenters. The summed E-state index contributed by atoms with van der Waals surface area (Å²) >= 11 is 0. The number of likely N-dealkylation sites (tertiary alicyclic amines) is 1. The second kappa shape index (κ2) is 3.82. The van der Waals surface area contributed by atoms with E-state index in [1.807, 2.05) is 11.8 Å². The summed E-state index contributed by atoms with van der Waals surface area (Å²) in [5.41, 5.74) is 0.195. The minimum absolute atomic E-state index is 0.0411. The van der Waals surface area contributed by atoms with Crippen LogP contribution in [0.5, 0.6) is 0 Å². The Hall–Kier alpha value is -0.860. The van der Waals surface area contributed by atoms with E-state index < -0.39 is 0 Å². The van der Waals surface area contributed by atoms with Crippen molar-refractivity contribution >= 4 is 12.2 Å². The lowest BCUT2D eigenvalue weighted by Crippen LogP contribution is -2.46. The van der Waals surface area contributed by atoms with Crippen molar-refractivity contribution < 1.29 is 9.59 Å². The molecule has 2 rings (SSSR count). The number of nitrogens with zero attached hydrogens (tertiary/aromatic N) is 1. The third kappa shape index (κ3) is 1.79. The molecular weight excluding hydrogens is 226 g/mol. The van der Waals surface area contributed by atoms with Gasteiger partial charge in [-0.05, 0) is 22.7 Å². The number of carbonyl (C=O) groups is 2. The molecular formula is C15H25NO2. The van der Waals surface area contributed by atoms with E-state index in [-0.39, 0.29) is 28.7 Å². The van der Waals surface area contributed by atoms with Gasteiger partial charge in [-0.15, -0.1) is 0 Å². The van der Waals surface area contributed by atoms with Crippen molar-refractivity contribution in [1.29, 1.82) is 0 Å². The zero-order chi connectivity index (χ0) is 13.9. The number of hydrogen-bond acceptors (Lipinski definition) is 2. The molecule has 0 aromatic rings. The molecule has 1 heterocycles. The summed E-state index contributed by atoms with van der Waals surface area (Å²) in [4.78, 5) is 25.7. The van der Waals surface area contributed by atoms with E-state index in [1.165, 1.54) is 0 Å². The van der Waals surface area contributed by atoms with Crippen molar-refractivity contribution in [3.8, 4) is 0 Å². The first-order valence-electron chi connectivity index (χ1n) is 6.88. The number of amides is 1. The second-order valence-electron chi connectivity index (χ2n) is 7.66. The predicted octanol–water partition coefficient (Wildman–Crippen LogP) is 2.35. The van der Waals surface area contributed by atoms with E-state index in [0.717, 1.165) is 12.8 Å². The summed E-state index contributed by atoms with van der Waals surface area (Å²) in [6.07, 6.45) is 0.979. The Morgan fingerprint density at radius 2 is 1.94 bits per heavy atom. The highest BCUT2D eigenvalue weighted by atomic mass is 16.2. The normalized spacial score (nSPS) is 35.0. The van der Waals surface area contributed by atoms with E-state index in [2.05, 4.69) is 34.6 Å². The Balaban J connectivity index is 2.13. The van der Waals surface area contributed by atoms with Gasteiger partial charge in [-0.25, -0.2) is 0 Å². The average Bonchev–Trinajstić information content (AvgIpc) is 2.64. The molecule has 4 atom stereocenters. The monoisotopic (exact) mass is 251 g/mol. The topological polar surface area (TPSA) is 37.4 Å². The highest BCUT2D eigenvalue weighted by Crippen LogP contribution is 2.64. The molecule has 0 spiro atoms. The van der Waals surface area contributed by atoms with E-state index >= 15 is 0 Å². The Morgan fingerprint density at radius 1 is 1.39 bits per heavy atom. The molecule has 2 fully saturated rings. The van der Waals surface area contributed by atoms with Crippen LogP contribution in [0.3, 0.4) is 0 Å². The third-order valence-corrected chi connectivity index (χ3v) is 5.35. The van der Waals surface area contributed by atoms with Crippen molar-refractivity contribution in [2.24, 2.45) is 28.6 Å². The van der Waals surface area contributed by atoms with Gasteiger partial charge in [0.25, 0.3) is 0 Å². The van der Waals surface area contributed by atoms with Crippen molar-refractivity contribution in [3.05, 3.63) is 0 Å². The van der Waals surface area contributed by atoms with Crippen molar-refractivity contribution in [2.45, 2.75) is 47.6 Å². The molecule has 3 nitrogen and oxygen atoms in total. The maximum Gasteiger partial charge on any atom is 0.226 e. The van der Waals surface area contributed by atoms with Gasteiger partial charge in [0.05, 0.1) is 6.04 Å². The first kappa shape index (κ1) is 13.6. The van der Waals surface area contributed by atoms with Crippen LogP contribution in [-0.2, 0) is 9.59 Å². The van der Waals surface area contributed by atoms with E-state index in [9.17, 15) is 9.59 Å². The number of hydrogen-bond donors (Lipinski definition) is 0. The number of carbonyl (C=O) groups excluding carboxylic acids is 2. The van der Waals surface area contributed by atoms with Gasteiger partial charge >= 0.3 is 0 Å². The lowest BCUT2D eigenvalue weighted by atomic mass is 9.81. The summed E-state index contributed by atoms with van der Waals surface area (Å²) in [7, 11) is 0. The van der Waals surface area contributed by atoms with Gasteiger partial charge in [0.15, 0.2) is 0 Å². The van der Waals surface area contributed by atoms with Gasteiger partial charge in [0, 0.05) is 12.5 Å². The van der Waals surface area contributed by atoms with Crippen LogP contribution in [0.15, 0.2) is 0 Å². The molecule has 1 amide bonds. The van der Waals surface area contributed by atoms with Crippen molar-refractivity contribution in [3.63, 3.8) is 0 Å². The Labute approximate surface area is 110 Å². The molecule has 1 aliphatic heterocycles. The molecule has 0 aromatic heterocycles. The molecule has 1 saturated carbocycles. The summed E-state index contributed by atoms with van der Waals surface area (Å²) in [5, 5.41) is 0. The number of aldehydes is 1. The molecule has 0 N–H and O–H groups in total. The first-order chi connectivity index (χ1) is 8.12. The Morgan fingerprint density at radius 3 is 2.39 bits per heavy atom. The first-order valence-corrected chi connectivity index (χ1v) is 6.88. The lowest BCUT2D eigenvalue weighted by Gasteiger charge is -2.34. The zero-order valence-electron chi connectivity index (χ0n) is 12.4. The summed E-state index contributed by atoms with van der Waals surface area (Å²) < 4.78 is 0. The minimum atomic E-state index is -0.192. The zero-order valence-corrected chi connectivity index (χ0v) is 12.4. The summed E-state index contributed by atoms with van der Waals surface area (Å²) in [5.74, 6) is 0.998. The summed E-state index contributed by atoms with van der Waals surface area (Å²) in [6.45, 7) is 13.4. The number of piperidine rings is 1. The molecule has 102 valence electrons. The van der Waals surface area contributed by atoms with E-state index in [4.69, 9.17) is 0 Å². The van der Waals surface area contributed by atoms with Gasteiger partial charge in [-0.3, -0.25) is 4.79 Å². The van der Waals surface area contributed by atoms with Gasteiger partial charge in [0.2, 0.25) is 5.91 Å². The average molecular weight is 251 g/mol. The molecule has 1 saturated heterocycles. The van der Waals surface area contributed by atoms with Gasteiger partial charge < -0.3 is 9.69 Å². The highest BCUT2D eigenvalue weighted by molar-refractivity contribution is 5.83. The SMILES string of the molecule is C[C@H](C(=O)N1C[C@H]2[C@@H]([C@H]1C=O)C2(C)C)C(C)(C)C. The molecule has 0 bridgehead atoms. The fourth-order valence-electron chi connectivity index (χ4n) is 3.36. The standard InChI is InChI=1S/C15H25NO2/c1-9(14(2,3)4)13(18)16-7-10-12(11(16)8-17)15(10,5)6/h8-12H,7H2,1-6H3/t9-,10+,11-,12+/m1/s1. The van der Waals surface area contributed by atoms with Gasteiger partial charge in [-0.2, -0.15) is 0 Å². The van der Waals surface area contributed by atoms with Crippen molar-refractivity contribution in [1.82, 2.24) is 4.90 Å². The Kier molecular flexibility index (Phi) is 2.88. The van der Waals surface area contributed by atoms with Crippen LogP contribution in [0.25, 0.3) is 0 Å². The molecule has 1 aliphatic carbocycles. The minimum Gasteiger partial charge on any atom is -0.332 e. The third-order valence-electron chi connectivity index (χ3n) is 5.35. The predicted molar refractivity (Wildman–Crippen MR) is 70.9 cm³/mol. The lowest BCUT2D eigenvalue weighted by molar-refractivity contribution is -0.142. The van der Waals surface area contributed by atoms with Gasteiger partial charge in [-0.1, -0.05) is 41.5 Å². The Bertz CT molecular complexity index is 380. The van der Waals surface area contributed by atoms with Crippen LogP contribution in [0.1, 0.15) is 41.5 Å². The maximum atomic E-state index is 12.5. The fourth-order valence-corrected chi connectivity index (χ4v) is 3.36. The largest absolute Gasteiger partial charge is 0.332 e. The summed E-state index contributed by atoms with van der Waals surface area (Å²) in [6, 6.07) is -0.192. The van der Waals surface area contributed by atoms with Gasteiger partial charge in [0.1, 0.15) is 6.29 Å². The van der Waals surface area contributed by atoms with Crippen LogP contribution in [0, 0.1) is 28.6 Å². The molecule has 3 heteroatoms. The van der Waals surface area contributed by atoms with Crippen LogP contribution in [0.2, 0.25) is 0 Å². The molecule has 18 heavy (non-hydrogen) atoms. The van der Waals surface area contributed by atoms with Crippen LogP contribution in [0.4, 0.5) is 0 Å². The second-order valence-corrected chi connectivity index (χ2v) is 7.66. The molecule has 2 aliphatic rings. The van der Waals surface area contributed by atoms with Crippen LogP contribution in [-0.4, -0.2) is 29.7 Å². The van der Waals surface area contributed by atoms with Crippen LogP contribution < -0.4 is 0 Å². The quantitative estimate of drug-likeness (QED) is 0.706. The molecule has 0 radical (unpaired) electrons.